The molecule has 6 nitrogen and oxygen atoms in total. The Balaban J connectivity index is 1.54. The number of carbonyl (C=O) groups excluding carboxylic acids is 1. The number of carbonyl (C=O) groups is 1. The second-order valence-corrected chi connectivity index (χ2v) is 6.47. The normalized spacial score (nSPS) is 10.7. The zero-order chi connectivity index (χ0) is 17.9. The summed E-state index contributed by atoms with van der Waals surface area (Å²) >= 11 is 1.36. The predicted molar refractivity (Wildman–Crippen MR) is 102 cm³/mol. The molecule has 1 amide bonds. The first kappa shape index (κ1) is 16.2. The monoisotopic (exact) mass is 361 g/mol. The van der Waals surface area contributed by atoms with Gasteiger partial charge in [0.2, 0.25) is 0 Å². The van der Waals surface area contributed by atoms with Crippen molar-refractivity contribution in [3.8, 4) is 22.6 Å². The molecule has 4 aromatic rings. The van der Waals surface area contributed by atoms with Gasteiger partial charge in [-0.2, -0.15) is 5.10 Å². The Morgan fingerprint density at radius 3 is 2.62 bits per heavy atom. The lowest BCUT2D eigenvalue weighted by atomic mass is 10.1. The van der Waals surface area contributed by atoms with E-state index in [1.54, 1.807) is 24.0 Å². The van der Waals surface area contributed by atoms with E-state index >= 15 is 0 Å². The van der Waals surface area contributed by atoms with E-state index in [1.807, 2.05) is 53.9 Å². The summed E-state index contributed by atoms with van der Waals surface area (Å²) in [6, 6.07) is 17.2. The molecule has 0 aliphatic carbocycles. The largest absolute Gasteiger partial charge is 0.296 e. The van der Waals surface area contributed by atoms with Crippen LogP contribution in [0.25, 0.3) is 22.6 Å². The molecule has 1 N–H and O–H groups in total. The number of rotatable bonds is 4. The molecule has 128 valence electrons. The Kier molecular flexibility index (Phi) is 4.28. The maximum Gasteiger partial charge on any atom is 0.275 e. The lowest BCUT2D eigenvalue weighted by Crippen LogP contribution is -2.15. The molecule has 0 saturated carbocycles. The van der Waals surface area contributed by atoms with Gasteiger partial charge in [0.15, 0.2) is 5.13 Å². The molecule has 3 heterocycles. The van der Waals surface area contributed by atoms with E-state index in [-0.39, 0.29) is 5.91 Å². The predicted octanol–water partition coefficient (Wildman–Crippen LogP) is 3.86. The number of amides is 1. The van der Waals surface area contributed by atoms with Crippen LogP contribution in [-0.4, -0.2) is 25.7 Å². The number of hydrogen-bond donors (Lipinski definition) is 1. The van der Waals surface area contributed by atoms with Crippen LogP contribution in [0.5, 0.6) is 0 Å². The lowest BCUT2D eigenvalue weighted by molar-refractivity contribution is 0.101. The zero-order valence-electron chi connectivity index (χ0n) is 14.0. The Bertz CT molecular complexity index is 1040. The molecule has 0 radical (unpaired) electrons. The topological polar surface area (TPSA) is 72.7 Å². The quantitative estimate of drug-likeness (QED) is 0.599. The van der Waals surface area contributed by atoms with E-state index in [1.165, 1.54) is 11.3 Å². The number of nitrogens with one attached hydrogen (secondary N) is 1. The number of aryl methyl sites for hydroxylation is 1. The summed E-state index contributed by atoms with van der Waals surface area (Å²) in [5.74, 6) is -0.246. The molecule has 4 rings (SSSR count). The van der Waals surface area contributed by atoms with Crippen molar-refractivity contribution in [2.24, 2.45) is 7.05 Å². The van der Waals surface area contributed by atoms with Crippen molar-refractivity contribution < 1.29 is 4.79 Å². The van der Waals surface area contributed by atoms with E-state index in [0.29, 0.717) is 10.8 Å². The van der Waals surface area contributed by atoms with Crippen LogP contribution in [-0.2, 0) is 7.05 Å². The summed E-state index contributed by atoms with van der Waals surface area (Å²) in [4.78, 5) is 21.3. The summed E-state index contributed by atoms with van der Waals surface area (Å²) < 4.78 is 1.57. The molecule has 7 heteroatoms. The average Bonchev–Trinajstić information content (AvgIpc) is 3.30. The van der Waals surface area contributed by atoms with Crippen LogP contribution in [0.4, 0.5) is 5.13 Å². The van der Waals surface area contributed by atoms with Crippen LogP contribution in [0.3, 0.4) is 0 Å². The zero-order valence-corrected chi connectivity index (χ0v) is 14.8. The van der Waals surface area contributed by atoms with Crippen molar-refractivity contribution in [1.29, 1.82) is 0 Å². The smallest absolute Gasteiger partial charge is 0.275 e. The summed E-state index contributed by atoms with van der Waals surface area (Å²) in [5, 5.41) is 9.66. The average molecular weight is 361 g/mol. The molecule has 0 aliphatic rings. The van der Waals surface area contributed by atoms with E-state index in [2.05, 4.69) is 20.4 Å². The molecule has 0 aliphatic heterocycles. The number of aromatic nitrogens is 4. The number of hydrogen-bond acceptors (Lipinski definition) is 5. The highest BCUT2D eigenvalue weighted by atomic mass is 32.1. The fourth-order valence-electron chi connectivity index (χ4n) is 2.55. The maximum atomic E-state index is 12.6. The van der Waals surface area contributed by atoms with Crippen molar-refractivity contribution in [2.45, 2.75) is 0 Å². The highest BCUT2D eigenvalue weighted by Gasteiger charge is 2.16. The summed E-state index contributed by atoms with van der Waals surface area (Å²) in [6.07, 6.45) is 1.72. The molecule has 0 spiro atoms. The minimum Gasteiger partial charge on any atom is -0.296 e. The van der Waals surface area contributed by atoms with Crippen LogP contribution < -0.4 is 5.32 Å². The first-order valence-electron chi connectivity index (χ1n) is 7.98. The van der Waals surface area contributed by atoms with Gasteiger partial charge in [0, 0.05) is 24.2 Å². The van der Waals surface area contributed by atoms with Gasteiger partial charge in [-0.25, -0.2) is 4.98 Å². The Labute approximate surface area is 154 Å². The fourth-order valence-corrected chi connectivity index (χ4v) is 3.25. The molecule has 0 saturated heterocycles. The van der Waals surface area contributed by atoms with Crippen LogP contribution in [0.15, 0.2) is 66.2 Å². The third-order valence-corrected chi connectivity index (χ3v) is 4.59. The van der Waals surface area contributed by atoms with Gasteiger partial charge in [-0.1, -0.05) is 36.4 Å². The minimum atomic E-state index is -0.246. The van der Waals surface area contributed by atoms with Crippen molar-refractivity contribution in [2.75, 3.05) is 5.32 Å². The van der Waals surface area contributed by atoms with Crippen molar-refractivity contribution >= 4 is 22.4 Å². The first-order valence-corrected chi connectivity index (χ1v) is 8.86. The highest BCUT2D eigenvalue weighted by Crippen LogP contribution is 2.24. The summed E-state index contributed by atoms with van der Waals surface area (Å²) in [5.41, 5.74) is 3.70. The Morgan fingerprint density at radius 2 is 1.85 bits per heavy atom. The number of thiazole rings is 1. The number of nitrogens with zero attached hydrogens (tertiary/aromatic N) is 4. The molecule has 1 aromatic carbocycles. The minimum absolute atomic E-state index is 0.246. The van der Waals surface area contributed by atoms with Crippen LogP contribution >= 0.6 is 11.3 Å². The SMILES string of the molecule is Cn1nc(-c2ccccc2)cc1C(=O)Nc1nc(-c2ccccn2)cs1. The van der Waals surface area contributed by atoms with Gasteiger partial charge in [-0.3, -0.25) is 19.8 Å². The van der Waals surface area contributed by atoms with Crippen molar-refractivity contribution in [3.63, 3.8) is 0 Å². The van der Waals surface area contributed by atoms with Crippen molar-refractivity contribution in [3.05, 3.63) is 71.9 Å². The molecular formula is C19H15N5OS. The van der Waals surface area contributed by atoms with E-state index in [9.17, 15) is 4.79 Å². The molecule has 3 aromatic heterocycles. The third-order valence-electron chi connectivity index (χ3n) is 3.83. The van der Waals surface area contributed by atoms with Crippen molar-refractivity contribution in [1.82, 2.24) is 19.7 Å². The number of anilines is 1. The van der Waals surface area contributed by atoms with E-state index in [4.69, 9.17) is 0 Å². The van der Waals surface area contributed by atoms with Gasteiger partial charge in [-0.05, 0) is 18.2 Å². The molecule has 26 heavy (non-hydrogen) atoms. The Hall–Kier alpha value is -3.32. The second-order valence-electron chi connectivity index (χ2n) is 5.61. The Morgan fingerprint density at radius 1 is 1.04 bits per heavy atom. The highest BCUT2D eigenvalue weighted by molar-refractivity contribution is 7.14. The molecular weight excluding hydrogens is 346 g/mol. The first-order chi connectivity index (χ1) is 12.7. The molecule has 0 bridgehead atoms. The van der Waals surface area contributed by atoms with Gasteiger partial charge < -0.3 is 0 Å². The van der Waals surface area contributed by atoms with Gasteiger partial charge in [-0.15, -0.1) is 11.3 Å². The third kappa shape index (κ3) is 3.25. The van der Waals surface area contributed by atoms with Gasteiger partial charge in [0.1, 0.15) is 11.4 Å². The van der Waals surface area contributed by atoms with Crippen LogP contribution in [0.2, 0.25) is 0 Å². The van der Waals surface area contributed by atoms with Gasteiger partial charge in [0.05, 0.1) is 11.4 Å². The maximum absolute atomic E-state index is 12.6. The molecule has 0 fully saturated rings. The lowest BCUT2D eigenvalue weighted by Gasteiger charge is -2.01. The number of pyridine rings is 1. The number of benzene rings is 1. The molecule has 0 atom stereocenters. The van der Waals surface area contributed by atoms with Gasteiger partial charge in [0.25, 0.3) is 5.91 Å². The van der Waals surface area contributed by atoms with E-state index in [0.717, 1.165) is 22.6 Å². The van der Waals surface area contributed by atoms with Crippen LogP contribution in [0.1, 0.15) is 10.5 Å². The van der Waals surface area contributed by atoms with E-state index < -0.39 is 0 Å². The second kappa shape index (κ2) is 6.89. The van der Waals surface area contributed by atoms with Crippen LogP contribution in [0, 0.1) is 0 Å². The fraction of sp³-hybridized carbons (Fsp3) is 0.0526. The summed E-state index contributed by atoms with van der Waals surface area (Å²) in [6.45, 7) is 0. The van der Waals surface area contributed by atoms with Gasteiger partial charge >= 0.3 is 0 Å². The standard InChI is InChI=1S/C19H15N5OS/c1-24-17(11-15(23-24)13-7-3-2-4-8-13)18(25)22-19-21-16(12-26-19)14-9-5-6-10-20-14/h2-12H,1H3,(H,21,22,25). The molecule has 0 unspecified atom stereocenters. The summed E-state index contributed by atoms with van der Waals surface area (Å²) in [7, 11) is 1.75.